The predicted molar refractivity (Wildman–Crippen MR) is 64.4 cm³/mol. The van der Waals surface area contributed by atoms with Crippen LogP contribution < -0.4 is 5.73 Å². The highest BCUT2D eigenvalue weighted by Crippen LogP contribution is 2.26. The van der Waals surface area contributed by atoms with Crippen LogP contribution in [0.4, 0.5) is 4.79 Å². The highest BCUT2D eigenvalue weighted by Gasteiger charge is 2.30. The van der Waals surface area contributed by atoms with Crippen LogP contribution in [0.5, 0.6) is 0 Å². The molecule has 0 unspecified atom stereocenters. The third-order valence-corrected chi connectivity index (χ3v) is 3.37. The predicted octanol–water partition coefficient (Wildman–Crippen LogP) is 2.28. The van der Waals surface area contributed by atoms with Gasteiger partial charge in [0.25, 0.3) is 0 Å². The van der Waals surface area contributed by atoms with E-state index in [1.807, 2.05) is 20.8 Å². The van der Waals surface area contributed by atoms with Crippen molar-refractivity contribution in [1.29, 1.82) is 0 Å². The molecule has 0 radical (unpaired) electrons. The summed E-state index contributed by atoms with van der Waals surface area (Å²) >= 11 is 0. The zero-order valence-electron chi connectivity index (χ0n) is 10.6. The van der Waals surface area contributed by atoms with Crippen molar-refractivity contribution in [2.75, 3.05) is 6.54 Å². The van der Waals surface area contributed by atoms with Crippen LogP contribution >= 0.6 is 0 Å². The Morgan fingerprint density at radius 2 is 1.81 bits per heavy atom. The van der Waals surface area contributed by atoms with Crippen LogP contribution in [-0.4, -0.2) is 34.2 Å². The molecule has 3 N–H and O–H groups in total. The average Bonchev–Trinajstić information content (AvgIpc) is 2.14. The van der Waals surface area contributed by atoms with E-state index in [9.17, 15) is 9.90 Å². The van der Waals surface area contributed by atoms with Crippen LogP contribution in [0.15, 0.2) is 0 Å². The van der Waals surface area contributed by atoms with Gasteiger partial charge in [-0.05, 0) is 52.4 Å². The molecule has 0 spiro atoms. The summed E-state index contributed by atoms with van der Waals surface area (Å²) in [5, 5.41) is 9.19. The fourth-order valence-corrected chi connectivity index (χ4v) is 2.27. The molecule has 0 atom stereocenters. The minimum atomic E-state index is -0.817. The molecule has 0 aromatic carbocycles. The van der Waals surface area contributed by atoms with Crippen molar-refractivity contribution >= 4 is 6.09 Å². The summed E-state index contributed by atoms with van der Waals surface area (Å²) in [7, 11) is 0. The van der Waals surface area contributed by atoms with Gasteiger partial charge in [0.2, 0.25) is 0 Å². The lowest BCUT2D eigenvalue weighted by Gasteiger charge is -2.37. The fourth-order valence-electron chi connectivity index (χ4n) is 2.27. The maximum Gasteiger partial charge on any atom is 0.407 e. The average molecular weight is 228 g/mol. The largest absolute Gasteiger partial charge is 0.465 e. The van der Waals surface area contributed by atoms with Crippen LogP contribution in [0.1, 0.15) is 46.5 Å². The zero-order valence-corrected chi connectivity index (χ0v) is 10.6. The topological polar surface area (TPSA) is 66.6 Å². The van der Waals surface area contributed by atoms with E-state index < -0.39 is 6.09 Å². The minimum absolute atomic E-state index is 0.314. The smallest absolute Gasteiger partial charge is 0.407 e. The maximum atomic E-state index is 11.2. The van der Waals surface area contributed by atoms with Gasteiger partial charge in [0, 0.05) is 18.1 Å². The second kappa shape index (κ2) is 5.04. The molecule has 0 aliphatic heterocycles. The third kappa shape index (κ3) is 3.67. The van der Waals surface area contributed by atoms with Gasteiger partial charge in [-0.15, -0.1) is 0 Å². The highest BCUT2D eigenvalue weighted by molar-refractivity contribution is 5.66. The molecule has 0 aromatic rings. The number of hydrogen-bond acceptors (Lipinski definition) is 2. The van der Waals surface area contributed by atoms with Gasteiger partial charge in [-0.25, -0.2) is 4.79 Å². The normalized spacial score (nSPS) is 26.5. The molecular weight excluding hydrogens is 204 g/mol. The van der Waals surface area contributed by atoms with Crippen LogP contribution in [0.3, 0.4) is 0 Å². The maximum absolute atomic E-state index is 11.2. The number of carbonyl (C=O) groups is 1. The van der Waals surface area contributed by atoms with E-state index in [1.165, 1.54) is 0 Å². The van der Waals surface area contributed by atoms with Crippen molar-refractivity contribution < 1.29 is 9.90 Å². The Labute approximate surface area is 97.8 Å². The molecule has 4 heteroatoms. The molecular formula is C12H24N2O2. The lowest BCUT2D eigenvalue weighted by Crippen LogP contribution is -2.48. The first-order chi connectivity index (χ1) is 7.30. The Balaban J connectivity index is 2.53. The van der Waals surface area contributed by atoms with E-state index in [4.69, 9.17) is 5.73 Å². The first kappa shape index (κ1) is 13.3. The van der Waals surface area contributed by atoms with Crippen LogP contribution in [0.25, 0.3) is 0 Å². The molecule has 1 fully saturated rings. The Kier molecular flexibility index (Phi) is 4.19. The Morgan fingerprint density at radius 3 is 2.19 bits per heavy atom. The van der Waals surface area contributed by atoms with Crippen LogP contribution in [0.2, 0.25) is 0 Å². The molecule has 1 aliphatic rings. The van der Waals surface area contributed by atoms with E-state index in [-0.39, 0.29) is 5.54 Å². The van der Waals surface area contributed by atoms with E-state index in [0.717, 1.165) is 25.7 Å². The number of amides is 1. The lowest BCUT2D eigenvalue weighted by molar-refractivity contribution is 0.0822. The molecule has 94 valence electrons. The van der Waals surface area contributed by atoms with Gasteiger partial charge >= 0.3 is 6.09 Å². The summed E-state index contributed by atoms with van der Waals surface area (Å²) in [5.74, 6) is 0.482. The van der Waals surface area contributed by atoms with Crippen molar-refractivity contribution in [2.24, 2.45) is 11.7 Å². The molecule has 0 saturated heterocycles. The first-order valence-electron chi connectivity index (χ1n) is 6.07. The van der Waals surface area contributed by atoms with Gasteiger partial charge in [0.1, 0.15) is 0 Å². The standard InChI is InChI=1S/C12H24N2O2/c1-12(2,3)14(11(15)16)8-9-4-6-10(13)7-5-9/h9-10H,4-8,13H2,1-3H3,(H,15,16). The highest BCUT2D eigenvalue weighted by atomic mass is 16.4. The summed E-state index contributed by atoms with van der Waals surface area (Å²) in [6.07, 6.45) is 3.36. The minimum Gasteiger partial charge on any atom is -0.465 e. The molecule has 1 amide bonds. The summed E-state index contributed by atoms with van der Waals surface area (Å²) in [5.41, 5.74) is 5.53. The van der Waals surface area contributed by atoms with Crippen LogP contribution in [0, 0.1) is 5.92 Å². The van der Waals surface area contributed by atoms with Crippen molar-refractivity contribution in [3.05, 3.63) is 0 Å². The Hall–Kier alpha value is -0.770. The lowest BCUT2D eigenvalue weighted by atomic mass is 9.85. The van der Waals surface area contributed by atoms with Gasteiger partial charge in [-0.2, -0.15) is 0 Å². The van der Waals surface area contributed by atoms with Crippen molar-refractivity contribution in [3.8, 4) is 0 Å². The molecule has 1 saturated carbocycles. The molecule has 0 bridgehead atoms. The molecule has 0 aromatic heterocycles. The molecule has 16 heavy (non-hydrogen) atoms. The fraction of sp³-hybridized carbons (Fsp3) is 0.917. The third-order valence-electron chi connectivity index (χ3n) is 3.37. The van der Waals surface area contributed by atoms with Gasteiger partial charge in [-0.3, -0.25) is 0 Å². The first-order valence-corrected chi connectivity index (χ1v) is 6.07. The second-order valence-electron chi connectivity index (χ2n) is 5.84. The van der Waals surface area contributed by atoms with Gasteiger partial charge in [0.05, 0.1) is 0 Å². The SMILES string of the molecule is CC(C)(C)N(CC1CCC(N)CC1)C(=O)O. The van der Waals surface area contributed by atoms with Gasteiger partial charge in [0.15, 0.2) is 0 Å². The van der Waals surface area contributed by atoms with Gasteiger partial charge in [-0.1, -0.05) is 0 Å². The second-order valence-corrected chi connectivity index (χ2v) is 5.84. The molecule has 1 rings (SSSR count). The number of nitrogens with two attached hydrogens (primary N) is 1. The molecule has 1 aliphatic carbocycles. The zero-order chi connectivity index (χ0) is 12.3. The van der Waals surface area contributed by atoms with E-state index in [2.05, 4.69) is 0 Å². The Bertz CT molecular complexity index is 240. The van der Waals surface area contributed by atoms with Crippen molar-refractivity contribution in [2.45, 2.75) is 58.0 Å². The quantitative estimate of drug-likeness (QED) is 0.762. The molecule has 4 nitrogen and oxygen atoms in total. The van der Waals surface area contributed by atoms with Crippen LogP contribution in [-0.2, 0) is 0 Å². The summed E-state index contributed by atoms with van der Waals surface area (Å²) < 4.78 is 0. The Morgan fingerprint density at radius 1 is 1.31 bits per heavy atom. The summed E-state index contributed by atoms with van der Waals surface area (Å²) in [6, 6.07) is 0.323. The number of hydrogen-bond donors (Lipinski definition) is 2. The molecule has 0 heterocycles. The summed E-state index contributed by atoms with van der Waals surface area (Å²) in [6.45, 7) is 6.46. The van der Waals surface area contributed by atoms with Crippen molar-refractivity contribution in [1.82, 2.24) is 4.90 Å². The monoisotopic (exact) mass is 228 g/mol. The van der Waals surface area contributed by atoms with Gasteiger partial charge < -0.3 is 15.7 Å². The van der Waals surface area contributed by atoms with E-state index >= 15 is 0 Å². The van der Waals surface area contributed by atoms with E-state index in [1.54, 1.807) is 4.90 Å². The summed E-state index contributed by atoms with van der Waals surface area (Å²) in [4.78, 5) is 12.7. The number of carboxylic acid groups (broad SMARTS) is 1. The van der Waals surface area contributed by atoms with E-state index in [0.29, 0.717) is 18.5 Å². The number of rotatable bonds is 2. The number of nitrogens with zero attached hydrogens (tertiary/aromatic N) is 1. The van der Waals surface area contributed by atoms with Crippen molar-refractivity contribution in [3.63, 3.8) is 0 Å².